The van der Waals surface area contributed by atoms with E-state index in [1.165, 1.54) is 6.42 Å². The molecule has 0 saturated heterocycles. The highest BCUT2D eigenvalue weighted by molar-refractivity contribution is 4.74. The Morgan fingerprint density at radius 3 is 1.91 bits per heavy atom. The molecule has 0 heterocycles. The monoisotopic (exact) mass is 158 g/mol. The SMILES string of the molecule is CC(C)CCC(C)(C)C(C)O. The van der Waals surface area contributed by atoms with Crippen LogP contribution in [0.3, 0.4) is 0 Å². The van der Waals surface area contributed by atoms with Crippen molar-refractivity contribution in [2.75, 3.05) is 0 Å². The molecule has 0 amide bonds. The lowest BCUT2D eigenvalue weighted by atomic mass is 9.81. The molecular formula is C10H22O. The molecule has 0 spiro atoms. The summed E-state index contributed by atoms with van der Waals surface area (Å²) in [6, 6.07) is 0. The van der Waals surface area contributed by atoms with Crippen molar-refractivity contribution >= 4 is 0 Å². The van der Waals surface area contributed by atoms with Gasteiger partial charge in [0.2, 0.25) is 0 Å². The molecule has 0 rings (SSSR count). The van der Waals surface area contributed by atoms with Gasteiger partial charge in [0.25, 0.3) is 0 Å². The van der Waals surface area contributed by atoms with Crippen molar-refractivity contribution in [1.82, 2.24) is 0 Å². The molecule has 1 unspecified atom stereocenters. The molecule has 0 bridgehead atoms. The second kappa shape index (κ2) is 4.10. The van der Waals surface area contributed by atoms with Gasteiger partial charge in [0, 0.05) is 0 Å². The van der Waals surface area contributed by atoms with Gasteiger partial charge in [-0.2, -0.15) is 0 Å². The van der Waals surface area contributed by atoms with Crippen molar-refractivity contribution < 1.29 is 5.11 Å². The van der Waals surface area contributed by atoms with Crippen LogP contribution in [0.5, 0.6) is 0 Å². The topological polar surface area (TPSA) is 20.2 Å². The van der Waals surface area contributed by atoms with Gasteiger partial charge in [-0.3, -0.25) is 0 Å². The minimum absolute atomic E-state index is 0.0876. The summed E-state index contributed by atoms with van der Waals surface area (Å²) >= 11 is 0. The Morgan fingerprint density at radius 1 is 1.18 bits per heavy atom. The zero-order chi connectivity index (χ0) is 9.07. The molecule has 11 heavy (non-hydrogen) atoms. The first kappa shape index (κ1) is 11.0. The van der Waals surface area contributed by atoms with Gasteiger partial charge in [0.05, 0.1) is 6.10 Å². The maximum Gasteiger partial charge on any atom is 0.0563 e. The minimum atomic E-state index is -0.193. The molecule has 0 aromatic rings. The van der Waals surface area contributed by atoms with E-state index in [0.717, 1.165) is 12.3 Å². The van der Waals surface area contributed by atoms with Crippen LogP contribution in [0, 0.1) is 11.3 Å². The van der Waals surface area contributed by atoms with E-state index < -0.39 is 0 Å². The van der Waals surface area contributed by atoms with Gasteiger partial charge in [-0.25, -0.2) is 0 Å². The quantitative estimate of drug-likeness (QED) is 0.667. The van der Waals surface area contributed by atoms with Crippen molar-refractivity contribution in [1.29, 1.82) is 0 Å². The van der Waals surface area contributed by atoms with Crippen molar-refractivity contribution in [3.63, 3.8) is 0 Å². The zero-order valence-electron chi connectivity index (χ0n) is 8.52. The number of hydrogen-bond donors (Lipinski definition) is 1. The summed E-state index contributed by atoms with van der Waals surface area (Å²) in [5.41, 5.74) is 0.0876. The fourth-order valence-corrected chi connectivity index (χ4v) is 0.870. The molecule has 68 valence electrons. The average molecular weight is 158 g/mol. The zero-order valence-corrected chi connectivity index (χ0v) is 8.52. The van der Waals surface area contributed by atoms with Crippen molar-refractivity contribution in [3.8, 4) is 0 Å². The third-order valence-corrected chi connectivity index (χ3v) is 2.50. The lowest BCUT2D eigenvalue weighted by molar-refractivity contribution is 0.0557. The van der Waals surface area contributed by atoms with Gasteiger partial charge in [0.15, 0.2) is 0 Å². The molecule has 0 aromatic heterocycles. The Balaban J connectivity index is 3.73. The van der Waals surface area contributed by atoms with Gasteiger partial charge in [-0.05, 0) is 24.7 Å². The molecule has 1 nitrogen and oxygen atoms in total. The van der Waals surface area contributed by atoms with Crippen LogP contribution in [0.2, 0.25) is 0 Å². The fourth-order valence-electron chi connectivity index (χ4n) is 0.870. The summed E-state index contributed by atoms with van der Waals surface area (Å²) in [4.78, 5) is 0. The Morgan fingerprint density at radius 2 is 1.64 bits per heavy atom. The lowest BCUT2D eigenvalue weighted by Crippen LogP contribution is -2.26. The van der Waals surface area contributed by atoms with Gasteiger partial charge < -0.3 is 5.11 Å². The lowest BCUT2D eigenvalue weighted by Gasteiger charge is -2.28. The van der Waals surface area contributed by atoms with Crippen LogP contribution in [0.25, 0.3) is 0 Å². The molecule has 0 aliphatic carbocycles. The van der Waals surface area contributed by atoms with Gasteiger partial charge in [-0.15, -0.1) is 0 Å². The van der Waals surface area contributed by atoms with E-state index in [2.05, 4.69) is 27.7 Å². The van der Waals surface area contributed by atoms with Gasteiger partial charge in [0.1, 0.15) is 0 Å². The third-order valence-electron chi connectivity index (χ3n) is 2.50. The Labute approximate surface area is 70.8 Å². The summed E-state index contributed by atoms with van der Waals surface area (Å²) in [6.07, 6.45) is 2.13. The maximum atomic E-state index is 9.39. The van der Waals surface area contributed by atoms with Crippen LogP contribution in [0.15, 0.2) is 0 Å². The highest BCUT2D eigenvalue weighted by atomic mass is 16.3. The van der Waals surface area contributed by atoms with E-state index in [1.807, 2.05) is 6.92 Å². The summed E-state index contributed by atoms with van der Waals surface area (Å²) in [6.45, 7) is 10.6. The summed E-state index contributed by atoms with van der Waals surface area (Å²) < 4.78 is 0. The molecule has 0 fully saturated rings. The van der Waals surface area contributed by atoms with Crippen molar-refractivity contribution in [2.45, 2.75) is 53.6 Å². The fraction of sp³-hybridized carbons (Fsp3) is 1.00. The number of hydrogen-bond acceptors (Lipinski definition) is 1. The Hall–Kier alpha value is -0.0400. The smallest absolute Gasteiger partial charge is 0.0563 e. The van der Waals surface area contributed by atoms with E-state index in [-0.39, 0.29) is 11.5 Å². The predicted octanol–water partition coefficient (Wildman–Crippen LogP) is 2.83. The summed E-state index contributed by atoms with van der Waals surface area (Å²) in [5, 5.41) is 9.39. The Bertz CT molecular complexity index is 103. The van der Waals surface area contributed by atoms with Crippen LogP contribution < -0.4 is 0 Å². The van der Waals surface area contributed by atoms with Gasteiger partial charge in [-0.1, -0.05) is 34.1 Å². The first-order valence-corrected chi connectivity index (χ1v) is 4.54. The summed E-state index contributed by atoms with van der Waals surface area (Å²) in [5.74, 6) is 0.744. The standard InChI is InChI=1S/C10H22O/c1-8(2)6-7-10(4,5)9(3)11/h8-9,11H,6-7H2,1-5H3. The molecule has 0 radical (unpaired) electrons. The Kier molecular flexibility index (Phi) is 4.09. The highest BCUT2D eigenvalue weighted by Crippen LogP contribution is 2.28. The van der Waals surface area contributed by atoms with Crippen molar-refractivity contribution in [2.24, 2.45) is 11.3 Å². The summed E-state index contributed by atoms with van der Waals surface area (Å²) in [7, 11) is 0. The van der Waals surface area contributed by atoms with E-state index in [0.29, 0.717) is 0 Å². The van der Waals surface area contributed by atoms with Crippen molar-refractivity contribution in [3.05, 3.63) is 0 Å². The van der Waals surface area contributed by atoms with Crippen LogP contribution in [-0.2, 0) is 0 Å². The average Bonchev–Trinajstić information content (AvgIpc) is 1.84. The van der Waals surface area contributed by atoms with Crippen LogP contribution >= 0.6 is 0 Å². The van der Waals surface area contributed by atoms with Gasteiger partial charge >= 0.3 is 0 Å². The molecule has 0 aliphatic rings. The van der Waals surface area contributed by atoms with Crippen LogP contribution in [-0.4, -0.2) is 11.2 Å². The molecule has 0 aromatic carbocycles. The van der Waals surface area contributed by atoms with E-state index in [1.54, 1.807) is 0 Å². The number of aliphatic hydroxyl groups is 1. The minimum Gasteiger partial charge on any atom is -0.393 e. The molecule has 1 atom stereocenters. The second-order valence-corrected chi connectivity index (χ2v) is 4.60. The first-order valence-electron chi connectivity index (χ1n) is 4.54. The first-order chi connectivity index (χ1) is 4.86. The number of rotatable bonds is 4. The second-order valence-electron chi connectivity index (χ2n) is 4.60. The predicted molar refractivity (Wildman–Crippen MR) is 49.5 cm³/mol. The normalized spacial score (nSPS) is 15.5. The van der Waals surface area contributed by atoms with E-state index >= 15 is 0 Å². The molecule has 1 N–H and O–H groups in total. The highest BCUT2D eigenvalue weighted by Gasteiger charge is 2.23. The number of aliphatic hydroxyl groups excluding tert-OH is 1. The van der Waals surface area contributed by atoms with Crippen LogP contribution in [0.4, 0.5) is 0 Å². The van der Waals surface area contributed by atoms with E-state index in [9.17, 15) is 5.11 Å². The molecule has 1 heteroatoms. The van der Waals surface area contributed by atoms with E-state index in [4.69, 9.17) is 0 Å². The largest absolute Gasteiger partial charge is 0.393 e. The molecular weight excluding hydrogens is 136 g/mol. The molecule has 0 aliphatic heterocycles. The molecule has 0 saturated carbocycles. The maximum absolute atomic E-state index is 9.39. The third kappa shape index (κ3) is 4.41. The van der Waals surface area contributed by atoms with Crippen LogP contribution in [0.1, 0.15) is 47.5 Å².